The fraction of sp³-hybridized carbons (Fsp3) is 0.333. The van der Waals surface area contributed by atoms with E-state index in [0.717, 1.165) is 5.69 Å². The van der Waals surface area contributed by atoms with E-state index in [0.29, 0.717) is 17.9 Å². The van der Waals surface area contributed by atoms with E-state index in [-0.39, 0.29) is 23.3 Å². The van der Waals surface area contributed by atoms with Crippen LogP contribution >= 0.6 is 0 Å². The predicted molar refractivity (Wildman–Crippen MR) is 82.5 cm³/mol. The van der Waals surface area contributed by atoms with E-state index in [2.05, 4.69) is 10.2 Å². The van der Waals surface area contributed by atoms with Crippen LogP contribution in [-0.4, -0.2) is 27.8 Å². The number of nitrogens with zero attached hydrogens (tertiary/aromatic N) is 2. The van der Waals surface area contributed by atoms with Gasteiger partial charge in [0.1, 0.15) is 5.75 Å². The molecule has 2 aromatic rings. The van der Waals surface area contributed by atoms with Crippen LogP contribution in [0.3, 0.4) is 0 Å². The Labute approximate surface area is 123 Å². The lowest BCUT2D eigenvalue weighted by atomic mass is 10.1. The largest absolute Gasteiger partial charge is 0.508 e. The second-order valence-corrected chi connectivity index (χ2v) is 5.12. The average molecular weight is 288 g/mol. The van der Waals surface area contributed by atoms with E-state index in [1.807, 2.05) is 20.8 Å². The molecule has 0 radical (unpaired) electrons. The number of anilines is 2. The molecule has 0 bridgehead atoms. The summed E-state index contributed by atoms with van der Waals surface area (Å²) in [6, 6.07) is 6.54. The number of rotatable bonds is 4. The number of aromatic nitrogens is 2. The summed E-state index contributed by atoms with van der Waals surface area (Å²) in [5, 5.41) is 16.4. The number of nitrogens with one attached hydrogen (secondary N) is 1. The Morgan fingerprint density at radius 2 is 2.19 bits per heavy atom. The predicted octanol–water partition coefficient (Wildman–Crippen LogP) is 2.49. The first-order chi connectivity index (χ1) is 9.95. The molecule has 1 heterocycles. The molecule has 112 valence electrons. The number of nitrogen functional groups attached to an aromatic ring is 1. The van der Waals surface area contributed by atoms with Gasteiger partial charge >= 0.3 is 0 Å². The van der Waals surface area contributed by atoms with Gasteiger partial charge in [-0.2, -0.15) is 5.10 Å². The zero-order valence-corrected chi connectivity index (χ0v) is 12.4. The van der Waals surface area contributed by atoms with Crippen LogP contribution in [0.5, 0.6) is 5.75 Å². The highest BCUT2D eigenvalue weighted by Gasteiger charge is 2.24. The summed E-state index contributed by atoms with van der Waals surface area (Å²) in [5.74, 6) is -0.0183. The molecule has 4 N–H and O–H groups in total. The van der Waals surface area contributed by atoms with Gasteiger partial charge in [-0.1, -0.05) is 19.9 Å². The lowest BCUT2D eigenvalue weighted by Gasteiger charge is -2.20. The molecule has 0 spiro atoms. The number of H-pyrrole nitrogens is 1. The quantitative estimate of drug-likeness (QED) is 0.805. The first-order valence-corrected chi connectivity index (χ1v) is 6.90. The molecule has 6 heteroatoms. The van der Waals surface area contributed by atoms with E-state index in [4.69, 9.17) is 5.73 Å². The molecule has 0 saturated carbocycles. The molecule has 1 amide bonds. The molecule has 0 saturated heterocycles. The first kappa shape index (κ1) is 14.9. The van der Waals surface area contributed by atoms with Gasteiger partial charge in [0.2, 0.25) is 0 Å². The number of carbonyl (C=O) groups excluding carboxylic acids is 1. The molecule has 1 aromatic heterocycles. The number of carbonyl (C=O) groups is 1. The van der Waals surface area contributed by atoms with Crippen molar-refractivity contribution < 1.29 is 9.90 Å². The van der Waals surface area contributed by atoms with Gasteiger partial charge in [-0.3, -0.25) is 9.89 Å². The van der Waals surface area contributed by atoms with Crippen molar-refractivity contribution in [3.8, 4) is 5.75 Å². The SMILES string of the molecule is CCN(C(=O)c1n[nH]c(C(C)C)c1N)c1cccc(O)c1. The molecule has 0 atom stereocenters. The minimum absolute atomic E-state index is 0.108. The maximum Gasteiger partial charge on any atom is 0.280 e. The van der Waals surface area contributed by atoms with Crippen LogP contribution in [0.25, 0.3) is 0 Å². The second kappa shape index (κ2) is 5.87. The number of phenols is 1. The molecular weight excluding hydrogens is 268 g/mol. The summed E-state index contributed by atoms with van der Waals surface area (Å²) in [7, 11) is 0. The standard InChI is InChI=1S/C15H20N4O2/c1-4-19(10-6-5-7-11(20)8-10)15(21)14-12(16)13(9(2)3)17-18-14/h5-9,20H,4,16H2,1-3H3,(H,17,18). The van der Waals surface area contributed by atoms with Gasteiger partial charge in [0, 0.05) is 18.3 Å². The van der Waals surface area contributed by atoms with E-state index >= 15 is 0 Å². The van der Waals surface area contributed by atoms with Crippen molar-refractivity contribution in [2.24, 2.45) is 0 Å². The normalized spacial score (nSPS) is 10.9. The van der Waals surface area contributed by atoms with E-state index < -0.39 is 0 Å². The van der Waals surface area contributed by atoms with Crippen LogP contribution in [-0.2, 0) is 0 Å². The Morgan fingerprint density at radius 1 is 1.48 bits per heavy atom. The molecular formula is C15H20N4O2. The van der Waals surface area contributed by atoms with Gasteiger partial charge < -0.3 is 15.7 Å². The summed E-state index contributed by atoms with van der Waals surface area (Å²) in [6.45, 7) is 6.26. The van der Waals surface area contributed by atoms with Crippen molar-refractivity contribution in [1.82, 2.24) is 10.2 Å². The number of hydrogen-bond donors (Lipinski definition) is 3. The molecule has 2 rings (SSSR count). The number of aromatic hydroxyl groups is 1. The van der Waals surface area contributed by atoms with Gasteiger partial charge in [0.25, 0.3) is 5.91 Å². The molecule has 0 unspecified atom stereocenters. The fourth-order valence-corrected chi connectivity index (χ4v) is 2.20. The Morgan fingerprint density at radius 3 is 2.71 bits per heavy atom. The summed E-state index contributed by atoms with van der Waals surface area (Å²) in [4.78, 5) is 14.2. The molecule has 0 aliphatic carbocycles. The summed E-state index contributed by atoms with van der Waals surface area (Å²) in [6.07, 6.45) is 0. The number of phenolic OH excluding ortho intramolecular Hbond substituents is 1. The van der Waals surface area contributed by atoms with Gasteiger partial charge in [-0.15, -0.1) is 0 Å². The van der Waals surface area contributed by atoms with Crippen LogP contribution < -0.4 is 10.6 Å². The summed E-state index contributed by atoms with van der Waals surface area (Å²) in [5.41, 5.74) is 7.97. The Hall–Kier alpha value is -2.50. The van der Waals surface area contributed by atoms with E-state index in [9.17, 15) is 9.90 Å². The minimum Gasteiger partial charge on any atom is -0.508 e. The topological polar surface area (TPSA) is 95.2 Å². The highest BCUT2D eigenvalue weighted by atomic mass is 16.3. The van der Waals surface area contributed by atoms with Gasteiger partial charge in [-0.25, -0.2) is 0 Å². The van der Waals surface area contributed by atoms with Crippen molar-refractivity contribution in [3.63, 3.8) is 0 Å². The van der Waals surface area contributed by atoms with Crippen molar-refractivity contribution in [2.45, 2.75) is 26.7 Å². The number of nitrogens with two attached hydrogens (primary N) is 1. The maximum absolute atomic E-state index is 12.6. The van der Waals surface area contributed by atoms with Crippen LogP contribution in [0, 0.1) is 0 Å². The molecule has 6 nitrogen and oxygen atoms in total. The fourth-order valence-electron chi connectivity index (χ4n) is 2.20. The van der Waals surface area contributed by atoms with Crippen molar-refractivity contribution in [3.05, 3.63) is 35.7 Å². The van der Waals surface area contributed by atoms with Crippen LogP contribution in [0.4, 0.5) is 11.4 Å². The zero-order chi connectivity index (χ0) is 15.6. The maximum atomic E-state index is 12.6. The van der Waals surface area contributed by atoms with Crippen LogP contribution in [0.15, 0.2) is 24.3 Å². The third kappa shape index (κ3) is 2.84. The van der Waals surface area contributed by atoms with Crippen molar-refractivity contribution in [2.75, 3.05) is 17.2 Å². The van der Waals surface area contributed by atoms with Crippen molar-refractivity contribution >= 4 is 17.3 Å². The van der Waals surface area contributed by atoms with Crippen LogP contribution in [0.2, 0.25) is 0 Å². The number of aromatic amines is 1. The number of amides is 1. The monoisotopic (exact) mass is 288 g/mol. The highest BCUT2D eigenvalue weighted by molar-refractivity contribution is 6.08. The zero-order valence-electron chi connectivity index (χ0n) is 12.4. The lowest BCUT2D eigenvalue weighted by molar-refractivity contribution is 0.0984. The van der Waals surface area contributed by atoms with Gasteiger partial charge in [-0.05, 0) is 25.0 Å². The highest BCUT2D eigenvalue weighted by Crippen LogP contribution is 2.26. The van der Waals surface area contributed by atoms with E-state index in [1.165, 1.54) is 11.0 Å². The Kier molecular flexibility index (Phi) is 4.16. The summed E-state index contributed by atoms with van der Waals surface area (Å²) < 4.78 is 0. The molecule has 21 heavy (non-hydrogen) atoms. The molecule has 1 aromatic carbocycles. The van der Waals surface area contributed by atoms with E-state index in [1.54, 1.807) is 18.2 Å². The molecule has 0 fully saturated rings. The summed E-state index contributed by atoms with van der Waals surface area (Å²) >= 11 is 0. The Bertz CT molecular complexity index is 649. The Balaban J connectivity index is 2.37. The smallest absolute Gasteiger partial charge is 0.280 e. The molecule has 0 aliphatic rings. The average Bonchev–Trinajstić information content (AvgIpc) is 2.81. The van der Waals surface area contributed by atoms with Crippen molar-refractivity contribution in [1.29, 1.82) is 0 Å². The number of benzene rings is 1. The van der Waals surface area contributed by atoms with Gasteiger partial charge in [0.15, 0.2) is 5.69 Å². The third-order valence-electron chi connectivity index (χ3n) is 3.32. The second-order valence-electron chi connectivity index (χ2n) is 5.12. The number of hydrogen-bond acceptors (Lipinski definition) is 4. The third-order valence-corrected chi connectivity index (χ3v) is 3.32. The molecule has 0 aliphatic heterocycles. The lowest BCUT2D eigenvalue weighted by Crippen LogP contribution is -2.31. The first-order valence-electron chi connectivity index (χ1n) is 6.90. The minimum atomic E-state index is -0.288. The van der Waals surface area contributed by atoms with Crippen LogP contribution in [0.1, 0.15) is 42.9 Å². The van der Waals surface area contributed by atoms with Gasteiger partial charge in [0.05, 0.1) is 11.4 Å².